The highest BCUT2D eigenvalue weighted by molar-refractivity contribution is 7.89. The molecule has 36 heavy (non-hydrogen) atoms. The number of carbonyl (C=O) groups is 1. The van der Waals surface area contributed by atoms with Crippen molar-refractivity contribution in [3.8, 4) is 0 Å². The number of piperazine rings is 1. The molecule has 0 spiro atoms. The van der Waals surface area contributed by atoms with Crippen LogP contribution in [0.5, 0.6) is 0 Å². The van der Waals surface area contributed by atoms with Crippen LogP contribution >= 0.6 is 23.8 Å². The average molecular weight is 543 g/mol. The molecule has 1 saturated heterocycles. The summed E-state index contributed by atoms with van der Waals surface area (Å²) in [5.74, 6) is -0.302. The second-order valence-corrected chi connectivity index (χ2v) is 11.3. The van der Waals surface area contributed by atoms with Gasteiger partial charge in [0.15, 0.2) is 5.11 Å². The number of carbonyl (C=O) groups excluding carboxylic acids is 1. The highest BCUT2D eigenvalue weighted by atomic mass is 35.5. The van der Waals surface area contributed by atoms with Crippen LogP contribution in [-0.2, 0) is 10.0 Å². The van der Waals surface area contributed by atoms with E-state index in [0.29, 0.717) is 48.1 Å². The lowest BCUT2D eigenvalue weighted by atomic mass is 10.1. The Labute approximate surface area is 222 Å². The Morgan fingerprint density at radius 3 is 2.25 bits per heavy atom. The molecule has 1 heterocycles. The monoisotopic (exact) mass is 542 g/mol. The van der Waals surface area contributed by atoms with Gasteiger partial charge in [0, 0.05) is 31.7 Å². The molecule has 2 N–H and O–H groups in total. The SMILES string of the molecule is Cc1ccc(S(=O)(=O)N2CCN(c3c(Cl)cccc3NC(=S)NC(=O)c3ccccc3C)CC2)cc1. The van der Waals surface area contributed by atoms with Gasteiger partial charge in [-0.2, -0.15) is 4.31 Å². The van der Waals surface area contributed by atoms with Gasteiger partial charge in [-0.3, -0.25) is 10.1 Å². The van der Waals surface area contributed by atoms with Gasteiger partial charge in [0.2, 0.25) is 10.0 Å². The van der Waals surface area contributed by atoms with Gasteiger partial charge >= 0.3 is 0 Å². The minimum absolute atomic E-state index is 0.146. The molecule has 0 bridgehead atoms. The maximum absolute atomic E-state index is 13.1. The highest BCUT2D eigenvalue weighted by Gasteiger charge is 2.30. The summed E-state index contributed by atoms with van der Waals surface area (Å²) in [5.41, 5.74) is 3.73. The molecular formula is C26H27ClN4O3S2. The van der Waals surface area contributed by atoms with Gasteiger partial charge in [-0.25, -0.2) is 8.42 Å². The number of hydrogen-bond donors (Lipinski definition) is 2. The molecule has 0 unspecified atom stereocenters. The van der Waals surface area contributed by atoms with Crippen LogP contribution in [0.3, 0.4) is 0 Å². The maximum Gasteiger partial charge on any atom is 0.257 e. The summed E-state index contributed by atoms with van der Waals surface area (Å²) >= 11 is 12.0. The largest absolute Gasteiger partial charge is 0.366 e. The van der Waals surface area contributed by atoms with Crippen molar-refractivity contribution in [2.75, 3.05) is 36.4 Å². The zero-order valence-electron chi connectivity index (χ0n) is 20.0. The molecule has 188 valence electrons. The van der Waals surface area contributed by atoms with Gasteiger partial charge in [-0.05, 0) is 62.0 Å². The molecule has 0 aliphatic carbocycles. The van der Waals surface area contributed by atoms with Crippen molar-refractivity contribution in [2.45, 2.75) is 18.7 Å². The zero-order valence-corrected chi connectivity index (χ0v) is 22.4. The van der Waals surface area contributed by atoms with E-state index in [1.165, 1.54) is 4.31 Å². The van der Waals surface area contributed by atoms with Crippen LogP contribution in [0.1, 0.15) is 21.5 Å². The number of nitrogens with zero attached hydrogens (tertiary/aromatic N) is 2. The Bertz CT molecular complexity index is 1390. The Morgan fingerprint density at radius 2 is 1.58 bits per heavy atom. The van der Waals surface area contributed by atoms with Crippen molar-refractivity contribution in [3.05, 3.63) is 88.4 Å². The van der Waals surface area contributed by atoms with Crippen molar-refractivity contribution in [3.63, 3.8) is 0 Å². The Kier molecular flexibility index (Phi) is 7.94. The van der Waals surface area contributed by atoms with Gasteiger partial charge in [0.05, 0.1) is 21.3 Å². The van der Waals surface area contributed by atoms with E-state index >= 15 is 0 Å². The molecule has 10 heteroatoms. The summed E-state index contributed by atoms with van der Waals surface area (Å²) < 4.78 is 27.6. The lowest BCUT2D eigenvalue weighted by Gasteiger charge is -2.36. The number of sulfonamides is 1. The first-order valence-electron chi connectivity index (χ1n) is 11.4. The number of thiocarbonyl (C=S) groups is 1. The quantitative estimate of drug-likeness (QED) is 0.459. The van der Waals surface area contributed by atoms with E-state index in [9.17, 15) is 13.2 Å². The predicted octanol–water partition coefficient (Wildman–Crippen LogP) is 4.59. The van der Waals surface area contributed by atoms with E-state index in [-0.39, 0.29) is 15.9 Å². The highest BCUT2D eigenvalue weighted by Crippen LogP contribution is 2.35. The molecule has 1 amide bonds. The van der Waals surface area contributed by atoms with Gasteiger partial charge in [-0.15, -0.1) is 0 Å². The normalized spacial score (nSPS) is 14.4. The van der Waals surface area contributed by atoms with Crippen LogP contribution < -0.4 is 15.5 Å². The average Bonchev–Trinajstić information content (AvgIpc) is 2.85. The summed E-state index contributed by atoms with van der Waals surface area (Å²) in [5, 5.41) is 6.45. The van der Waals surface area contributed by atoms with Crippen LogP contribution in [0, 0.1) is 13.8 Å². The third-order valence-corrected chi connectivity index (χ3v) is 8.49. The molecule has 0 saturated carbocycles. The molecule has 0 aromatic heterocycles. The minimum Gasteiger partial charge on any atom is -0.366 e. The van der Waals surface area contributed by atoms with Crippen LogP contribution in [0.15, 0.2) is 71.6 Å². The summed E-state index contributed by atoms with van der Waals surface area (Å²) in [6, 6.07) is 19.5. The van der Waals surface area contributed by atoms with E-state index in [4.69, 9.17) is 23.8 Å². The number of para-hydroxylation sites is 1. The van der Waals surface area contributed by atoms with Gasteiger partial charge in [-0.1, -0.05) is 53.6 Å². The van der Waals surface area contributed by atoms with E-state index in [0.717, 1.165) is 11.1 Å². The molecule has 7 nitrogen and oxygen atoms in total. The third-order valence-electron chi connectivity index (χ3n) is 6.07. The number of aryl methyl sites for hydroxylation is 2. The fourth-order valence-corrected chi connectivity index (χ4v) is 6.02. The van der Waals surface area contributed by atoms with Crippen LogP contribution in [0.2, 0.25) is 5.02 Å². The van der Waals surface area contributed by atoms with Crippen LogP contribution in [0.25, 0.3) is 0 Å². The molecule has 1 fully saturated rings. The summed E-state index contributed by atoms with van der Waals surface area (Å²) in [7, 11) is -3.58. The second kappa shape index (κ2) is 11.0. The molecule has 3 aromatic carbocycles. The summed E-state index contributed by atoms with van der Waals surface area (Å²) in [6.45, 7) is 5.31. The number of rotatable bonds is 5. The first-order chi connectivity index (χ1) is 17.2. The molecule has 1 aliphatic rings. The molecule has 3 aromatic rings. The number of amides is 1. The Hall–Kier alpha value is -2.98. The van der Waals surface area contributed by atoms with Crippen molar-refractivity contribution in [1.82, 2.24) is 9.62 Å². The van der Waals surface area contributed by atoms with Crippen LogP contribution in [-0.4, -0.2) is 49.9 Å². The summed E-state index contributed by atoms with van der Waals surface area (Å²) in [4.78, 5) is 15.0. The maximum atomic E-state index is 13.1. The molecule has 4 rings (SSSR count). The Balaban J connectivity index is 1.46. The topological polar surface area (TPSA) is 81.8 Å². The van der Waals surface area contributed by atoms with Crippen molar-refractivity contribution >= 4 is 56.2 Å². The standard InChI is InChI=1S/C26H27ClN4O3S2/c1-18-10-12-20(13-11-18)36(33,34)31-16-14-30(15-17-31)24-22(27)8-5-9-23(24)28-26(35)29-25(32)21-7-4-3-6-19(21)2/h3-13H,14-17H2,1-2H3,(H2,28,29,32,35). The number of halogens is 1. The number of benzene rings is 3. The Morgan fingerprint density at radius 1 is 0.917 bits per heavy atom. The predicted molar refractivity (Wildman–Crippen MR) is 148 cm³/mol. The third kappa shape index (κ3) is 5.70. The second-order valence-electron chi connectivity index (χ2n) is 8.56. The first-order valence-corrected chi connectivity index (χ1v) is 13.7. The van der Waals surface area contributed by atoms with Crippen molar-refractivity contribution < 1.29 is 13.2 Å². The lowest BCUT2D eigenvalue weighted by Crippen LogP contribution is -2.49. The van der Waals surface area contributed by atoms with Crippen molar-refractivity contribution in [1.29, 1.82) is 0 Å². The molecular weight excluding hydrogens is 516 g/mol. The van der Waals surface area contributed by atoms with Crippen molar-refractivity contribution in [2.24, 2.45) is 0 Å². The molecule has 0 radical (unpaired) electrons. The van der Waals surface area contributed by atoms with Crippen LogP contribution in [0.4, 0.5) is 11.4 Å². The zero-order chi connectivity index (χ0) is 25.9. The number of anilines is 2. The van der Waals surface area contributed by atoms with Gasteiger partial charge in [0.1, 0.15) is 0 Å². The van der Waals surface area contributed by atoms with E-state index < -0.39 is 10.0 Å². The van der Waals surface area contributed by atoms with Gasteiger partial charge < -0.3 is 10.2 Å². The lowest BCUT2D eigenvalue weighted by molar-refractivity contribution is 0.0977. The molecule has 1 aliphatic heterocycles. The van der Waals surface area contributed by atoms with E-state index in [1.807, 2.05) is 36.9 Å². The fraction of sp³-hybridized carbons (Fsp3) is 0.231. The number of nitrogens with one attached hydrogen (secondary N) is 2. The first kappa shape index (κ1) is 26.1. The van der Waals surface area contributed by atoms with E-state index in [1.54, 1.807) is 48.5 Å². The molecule has 0 atom stereocenters. The van der Waals surface area contributed by atoms with E-state index in [2.05, 4.69) is 10.6 Å². The smallest absolute Gasteiger partial charge is 0.257 e. The number of hydrogen-bond acceptors (Lipinski definition) is 5. The summed E-state index contributed by atoms with van der Waals surface area (Å²) in [6.07, 6.45) is 0. The van der Waals surface area contributed by atoms with Gasteiger partial charge in [0.25, 0.3) is 5.91 Å². The fourth-order valence-electron chi connectivity index (χ4n) is 4.10. The minimum atomic E-state index is -3.58.